The topological polar surface area (TPSA) is 34.5 Å². The van der Waals surface area contributed by atoms with E-state index in [-0.39, 0.29) is 5.91 Å². The van der Waals surface area contributed by atoms with Crippen LogP contribution in [0.15, 0.2) is 48.5 Å². The van der Waals surface area contributed by atoms with Gasteiger partial charge in [-0.25, -0.2) is 0 Å². The lowest BCUT2D eigenvalue weighted by Gasteiger charge is -2.32. The Labute approximate surface area is 179 Å². The highest BCUT2D eigenvalue weighted by Gasteiger charge is 2.28. The second-order valence-electron chi connectivity index (χ2n) is 8.26. The molecule has 2 heterocycles. The minimum absolute atomic E-state index is 0.168. The Balaban J connectivity index is 1.52. The third-order valence-corrected chi connectivity index (χ3v) is 6.39. The van der Waals surface area contributed by atoms with E-state index >= 15 is 0 Å². The number of aromatic nitrogens is 1. The number of rotatable bonds is 6. The molecule has 0 atom stereocenters. The number of ether oxygens (including phenoxy) is 1. The van der Waals surface area contributed by atoms with Crippen LogP contribution in [0.2, 0.25) is 0 Å². The van der Waals surface area contributed by atoms with Gasteiger partial charge in [0, 0.05) is 30.5 Å². The summed E-state index contributed by atoms with van der Waals surface area (Å²) in [6.07, 6.45) is 3.25. The standard InChI is InChI=1S/C26H32N2O2/c1-4-28-24-12-11-22(30-5-2)18-23(24)19(3)25(28)26(29)27-15-13-21(14-16-27)17-20-9-7-6-8-10-20/h6-12,18,21H,4-5,13-17H2,1-3H3. The molecule has 0 unspecified atom stereocenters. The van der Waals surface area contributed by atoms with Crippen LogP contribution in [0.25, 0.3) is 10.9 Å². The van der Waals surface area contributed by atoms with Crippen LogP contribution < -0.4 is 4.74 Å². The van der Waals surface area contributed by atoms with Crippen molar-refractivity contribution in [3.63, 3.8) is 0 Å². The smallest absolute Gasteiger partial charge is 0.270 e. The highest BCUT2D eigenvalue weighted by molar-refractivity contribution is 6.02. The summed E-state index contributed by atoms with van der Waals surface area (Å²) in [6.45, 7) is 9.27. The molecule has 2 aromatic carbocycles. The first-order valence-corrected chi connectivity index (χ1v) is 11.2. The molecule has 158 valence electrons. The van der Waals surface area contributed by atoms with E-state index in [1.807, 2.05) is 13.0 Å². The van der Waals surface area contributed by atoms with Gasteiger partial charge in [0.05, 0.1) is 6.61 Å². The lowest BCUT2D eigenvalue weighted by Crippen LogP contribution is -2.40. The number of likely N-dealkylation sites (tertiary alicyclic amines) is 1. The highest BCUT2D eigenvalue weighted by atomic mass is 16.5. The fraction of sp³-hybridized carbons (Fsp3) is 0.423. The third kappa shape index (κ3) is 3.96. The van der Waals surface area contributed by atoms with Crippen LogP contribution in [-0.4, -0.2) is 35.1 Å². The third-order valence-electron chi connectivity index (χ3n) is 6.39. The molecule has 0 spiro atoms. The van der Waals surface area contributed by atoms with E-state index in [4.69, 9.17) is 4.74 Å². The zero-order chi connectivity index (χ0) is 21.1. The van der Waals surface area contributed by atoms with Crippen LogP contribution in [0.5, 0.6) is 5.75 Å². The van der Waals surface area contributed by atoms with Crippen molar-refractivity contribution < 1.29 is 9.53 Å². The fourth-order valence-electron chi connectivity index (χ4n) is 4.80. The van der Waals surface area contributed by atoms with Gasteiger partial charge in [0.2, 0.25) is 0 Å². The molecule has 30 heavy (non-hydrogen) atoms. The Morgan fingerprint density at radius 3 is 2.47 bits per heavy atom. The summed E-state index contributed by atoms with van der Waals surface area (Å²) < 4.78 is 7.85. The van der Waals surface area contributed by atoms with E-state index in [1.165, 1.54) is 5.56 Å². The minimum atomic E-state index is 0.168. The number of hydrogen-bond donors (Lipinski definition) is 0. The number of nitrogens with zero attached hydrogens (tertiary/aromatic N) is 2. The molecule has 0 N–H and O–H groups in total. The first-order chi connectivity index (χ1) is 14.6. The molecule has 0 aliphatic carbocycles. The van der Waals surface area contributed by atoms with Crippen LogP contribution >= 0.6 is 0 Å². The summed E-state index contributed by atoms with van der Waals surface area (Å²) in [5.74, 6) is 1.69. The van der Waals surface area contributed by atoms with Crippen molar-refractivity contribution in [1.29, 1.82) is 0 Å². The lowest BCUT2D eigenvalue weighted by molar-refractivity contribution is 0.0679. The van der Waals surface area contributed by atoms with Crippen molar-refractivity contribution in [2.24, 2.45) is 5.92 Å². The Morgan fingerprint density at radius 2 is 1.80 bits per heavy atom. The zero-order valence-electron chi connectivity index (χ0n) is 18.4. The monoisotopic (exact) mass is 404 g/mol. The van der Waals surface area contributed by atoms with Gasteiger partial charge >= 0.3 is 0 Å². The quantitative estimate of drug-likeness (QED) is 0.546. The molecule has 0 saturated carbocycles. The van der Waals surface area contributed by atoms with Crippen LogP contribution in [0, 0.1) is 12.8 Å². The highest BCUT2D eigenvalue weighted by Crippen LogP contribution is 2.31. The molecule has 4 nitrogen and oxygen atoms in total. The normalized spacial score (nSPS) is 15.0. The number of aryl methyl sites for hydroxylation is 2. The predicted molar refractivity (Wildman–Crippen MR) is 122 cm³/mol. The summed E-state index contributed by atoms with van der Waals surface area (Å²) in [4.78, 5) is 15.6. The van der Waals surface area contributed by atoms with E-state index in [1.54, 1.807) is 0 Å². The van der Waals surface area contributed by atoms with Crippen LogP contribution in [-0.2, 0) is 13.0 Å². The summed E-state index contributed by atoms with van der Waals surface area (Å²) in [6, 6.07) is 16.9. The Kier molecular flexibility index (Phi) is 6.12. The Morgan fingerprint density at radius 1 is 1.07 bits per heavy atom. The lowest BCUT2D eigenvalue weighted by atomic mass is 9.90. The molecule has 1 aromatic heterocycles. The minimum Gasteiger partial charge on any atom is -0.494 e. The van der Waals surface area contributed by atoms with Crippen molar-refractivity contribution in [3.05, 3.63) is 65.4 Å². The number of fused-ring (bicyclic) bond motifs is 1. The number of carbonyl (C=O) groups is 1. The summed E-state index contributed by atoms with van der Waals surface area (Å²) >= 11 is 0. The van der Waals surface area contributed by atoms with Gasteiger partial charge in [-0.2, -0.15) is 0 Å². The molecule has 1 amide bonds. The number of benzene rings is 2. The molecule has 1 saturated heterocycles. The largest absolute Gasteiger partial charge is 0.494 e. The molecular formula is C26H32N2O2. The van der Waals surface area contributed by atoms with Crippen molar-refractivity contribution in [2.75, 3.05) is 19.7 Å². The molecule has 3 aromatic rings. The van der Waals surface area contributed by atoms with E-state index < -0.39 is 0 Å². The summed E-state index contributed by atoms with van der Waals surface area (Å²) in [5, 5.41) is 1.12. The zero-order valence-corrected chi connectivity index (χ0v) is 18.4. The number of piperidine rings is 1. The molecular weight excluding hydrogens is 372 g/mol. The SMILES string of the molecule is CCOc1ccc2c(c1)c(C)c(C(=O)N1CCC(Cc3ccccc3)CC1)n2CC. The van der Waals surface area contributed by atoms with Gasteiger partial charge in [0.15, 0.2) is 0 Å². The maximum atomic E-state index is 13.5. The number of hydrogen-bond acceptors (Lipinski definition) is 2. The van der Waals surface area contributed by atoms with Gasteiger partial charge in [-0.3, -0.25) is 4.79 Å². The molecule has 0 bridgehead atoms. The van der Waals surface area contributed by atoms with Crippen molar-refractivity contribution in [1.82, 2.24) is 9.47 Å². The molecule has 1 aliphatic rings. The van der Waals surface area contributed by atoms with Gasteiger partial charge in [0.1, 0.15) is 11.4 Å². The van der Waals surface area contributed by atoms with Crippen LogP contribution in [0.4, 0.5) is 0 Å². The summed E-state index contributed by atoms with van der Waals surface area (Å²) in [7, 11) is 0. The molecule has 0 radical (unpaired) electrons. The molecule has 4 heteroatoms. The Bertz CT molecular complexity index is 1010. The molecule has 1 fully saturated rings. The van der Waals surface area contributed by atoms with Crippen LogP contribution in [0.1, 0.15) is 48.3 Å². The first-order valence-electron chi connectivity index (χ1n) is 11.2. The average molecular weight is 405 g/mol. The number of amides is 1. The van der Waals surface area contributed by atoms with Gasteiger partial charge < -0.3 is 14.2 Å². The maximum Gasteiger partial charge on any atom is 0.270 e. The maximum absolute atomic E-state index is 13.5. The van der Waals surface area contributed by atoms with Gasteiger partial charge in [-0.1, -0.05) is 30.3 Å². The van der Waals surface area contributed by atoms with Gasteiger partial charge in [-0.15, -0.1) is 0 Å². The second-order valence-corrected chi connectivity index (χ2v) is 8.26. The van der Waals surface area contributed by atoms with E-state index in [2.05, 4.69) is 65.8 Å². The van der Waals surface area contributed by atoms with Crippen LogP contribution in [0.3, 0.4) is 0 Å². The Hall–Kier alpha value is -2.75. The first kappa shape index (κ1) is 20.5. The van der Waals surface area contributed by atoms with E-state index in [0.717, 1.165) is 66.8 Å². The van der Waals surface area contributed by atoms with Crippen molar-refractivity contribution in [3.8, 4) is 5.75 Å². The van der Waals surface area contributed by atoms with E-state index in [0.29, 0.717) is 12.5 Å². The average Bonchev–Trinajstić information content (AvgIpc) is 3.06. The molecule has 1 aliphatic heterocycles. The predicted octanol–water partition coefficient (Wildman–Crippen LogP) is 5.46. The number of carbonyl (C=O) groups excluding carboxylic acids is 1. The second kappa shape index (κ2) is 8.95. The molecule has 4 rings (SSSR count). The van der Waals surface area contributed by atoms with E-state index in [9.17, 15) is 4.79 Å². The van der Waals surface area contributed by atoms with Gasteiger partial charge in [0.25, 0.3) is 5.91 Å². The van der Waals surface area contributed by atoms with Crippen molar-refractivity contribution in [2.45, 2.75) is 46.6 Å². The fourth-order valence-corrected chi connectivity index (χ4v) is 4.80. The summed E-state index contributed by atoms with van der Waals surface area (Å²) in [5.41, 5.74) is 4.41. The van der Waals surface area contributed by atoms with Crippen molar-refractivity contribution >= 4 is 16.8 Å². The van der Waals surface area contributed by atoms with Gasteiger partial charge in [-0.05, 0) is 75.3 Å².